The summed E-state index contributed by atoms with van der Waals surface area (Å²) < 4.78 is 1.50. The number of hydrogen-bond donors (Lipinski definition) is 1. The van der Waals surface area contributed by atoms with Crippen molar-refractivity contribution in [1.82, 2.24) is 0 Å². The number of carboxylic acids is 1. The van der Waals surface area contributed by atoms with E-state index in [-0.39, 0.29) is 11.1 Å². The summed E-state index contributed by atoms with van der Waals surface area (Å²) in [6, 6.07) is 4.80. The van der Waals surface area contributed by atoms with Crippen LogP contribution in [0.25, 0.3) is 0 Å². The smallest absolute Gasteiger partial charge is 0.337 e. The fourth-order valence-electron chi connectivity index (χ4n) is 0.816. The summed E-state index contributed by atoms with van der Waals surface area (Å²) in [6.07, 6.45) is 0. The monoisotopic (exact) mass is 351 g/mol. The molecule has 0 heterocycles. The molecule has 1 aromatic rings. The Morgan fingerprint density at radius 2 is 2.23 bits per heavy atom. The summed E-state index contributed by atoms with van der Waals surface area (Å²) >= 11 is 5.22. The van der Waals surface area contributed by atoms with Gasteiger partial charge in [0.2, 0.25) is 0 Å². The highest BCUT2D eigenvalue weighted by Gasteiger charge is 2.12. The third-order valence-corrected chi connectivity index (χ3v) is 3.70. The predicted octanol–water partition coefficient (Wildman–Crippen LogP) is 2.62. The Hall–Kier alpha value is -0.610. The number of hydrogen-bond acceptors (Lipinski definition) is 2. The molecule has 1 rings (SSSR count). The first-order valence-corrected chi connectivity index (χ1v) is 5.06. The molecule has 0 amide bonds. The average Bonchev–Trinajstić information content (AvgIpc) is 2.08. The zero-order chi connectivity index (χ0) is 10.0. The van der Waals surface area contributed by atoms with Gasteiger partial charge < -0.3 is 5.11 Å². The first-order valence-electron chi connectivity index (χ1n) is 3.18. The molecular formula is C8H3BrINO2. The van der Waals surface area contributed by atoms with Gasteiger partial charge in [0.15, 0.2) is 0 Å². The lowest BCUT2D eigenvalue weighted by molar-refractivity contribution is 0.0696. The van der Waals surface area contributed by atoms with Gasteiger partial charge in [0.05, 0.1) is 11.1 Å². The highest BCUT2D eigenvalue weighted by molar-refractivity contribution is 14.1. The van der Waals surface area contributed by atoms with Gasteiger partial charge in [0, 0.05) is 8.04 Å². The van der Waals surface area contributed by atoms with E-state index in [2.05, 4.69) is 15.9 Å². The molecule has 1 N–H and O–H groups in total. The van der Waals surface area contributed by atoms with Gasteiger partial charge in [-0.25, -0.2) is 4.79 Å². The molecule has 13 heavy (non-hydrogen) atoms. The zero-order valence-electron chi connectivity index (χ0n) is 6.21. The fourth-order valence-corrected chi connectivity index (χ4v) is 1.63. The third kappa shape index (κ3) is 2.19. The summed E-state index contributed by atoms with van der Waals surface area (Å²) in [6.45, 7) is 0. The van der Waals surface area contributed by atoms with E-state index in [0.29, 0.717) is 0 Å². The largest absolute Gasteiger partial charge is 0.478 e. The number of rotatable bonds is 1. The molecule has 0 saturated carbocycles. The van der Waals surface area contributed by atoms with Gasteiger partial charge >= 0.3 is 5.97 Å². The molecule has 0 bridgehead atoms. The summed E-state index contributed by atoms with van der Waals surface area (Å²) in [7, 11) is 0. The lowest BCUT2D eigenvalue weighted by atomic mass is 10.1. The quantitative estimate of drug-likeness (QED) is 0.791. The van der Waals surface area contributed by atoms with Crippen molar-refractivity contribution in [1.29, 1.82) is 5.26 Å². The van der Waals surface area contributed by atoms with Gasteiger partial charge in [-0.3, -0.25) is 0 Å². The van der Waals surface area contributed by atoms with Crippen molar-refractivity contribution in [3.05, 3.63) is 31.3 Å². The summed E-state index contributed by atoms with van der Waals surface area (Å²) in [5, 5.41) is 17.4. The van der Waals surface area contributed by atoms with Crippen LogP contribution in [0.2, 0.25) is 0 Å². The molecule has 0 fully saturated rings. The van der Waals surface area contributed by atoms with E-state index in [1.165, 1.54) is 12.1 Å². The Morgan fingerprint density at radius 3 is 2.69 bits per heavy atom. The zero-order valence-corrected chi connectivity index (χ0v) is 9.96. The highest BCUT2D eigenvalue weighted by atomic mass is 127. The van der Waals surface area contributed by atoms with Crippen LogP contribution in [0.3, 0.4) is 0 Å². The van der Waals surface area contributed by atoms with Gasteiger partial charge in [-0.2, -0.15) is 5.26 Å². The van der Waals surface area contributed by atoms with Crippen LogP contribution in [0.4, 0.5) is 0 Å². The third-order valence-electron chi connectivity index (χ3n) is 1.41. The van der Waals surface area contributed by atoms with Crippen LogP contribution >= 0.6 is 38.5 Å². The van der Waals surface area contributed by atoms with E-state index in [1.54, 1.807) is 0 Å². The Labute approximate surface area is 96.6 Å². The second-order valence-corrected chi connectivity index (χ2v) is 4.25. The van der Waals surface area contributed by atoms with E-state index >= 15 is 0 Å². The number of nitrogens with zero attached hydrogens (tertiary/aromatic N) is 1. The maximum absolute atomic E-state index is 10.7. The van der Waals surface area contributed by atoms with Crippen molar-refractivity contribution in [3.63, 3.8) is 0 Å². The highest BCUT2D eigenvalue weighted by Crippen LogP contribution is 2.23. The first kappa shape index (κ1) is 10.5. The van der Waals surface area contributed by atoms with Gasteiger partial charge in [0.25, 0.3) is 0 Å². The van der Waals surface area contributed by atoms with Crippen molar-refractivity contribution in [3.8, 4) is 6.07 Å². The van der Waals surface area contributed by atoms with Crippen LogP contribution in [0.1, 0.15) is 15.9 Å². The molecule has 0 aromatic heterocycles. The molecule has 3 nitrogen and oxygen atoms in total. The van der Waals surface area contributed by atoms with Crippen molar-refractivity contribution in [2.45, 2.75) is 0 Å². The maximum atomic E-state index is 10.7. The van der Waals surface area contributed by atoms with Crippen LogP contribution in [0.5, 0.6) is 0 Å². The van der Waals surface area contributed by atoms with Gasteiger partial charge in [0.1, 0.15) is 6.07 Å². The van der Waals surface area contributed by atoms with Crippen molar-refractivity contribution < 1.29 is 9.90 Å². The van der Waals surface area contributed by atoms with E-state index < -0.39 is 5.97 Å². The number of carboxylic acid groups (broad SMARTS) is 1. The second kappa shape index (κ2) is 4.07. The Kier molecular flexibility index (Phi) is 3.27. The predicted molar refractivity (Wildman–Crippen MR) is 58.5 cm³/mol. The molecule has 0 aliphatic rings. The fraction of sp³-hybridized carbons (Fsp3) is 0. The van der Waals surface area contributed by atoms with Crippen LogP contribution in [0, 0.1) is 14.9 Å². The molecular weight excluding hydrogens is 349 g/mol. The SMILES string of the molecule is N#Cc1cc(Br)c(I)cc1C(=O)O. The summed E-state index contributed by atoms with van der Waals surface area (Å²) in [5.74, 6) is -1.08. The lowest BCUT2D eigenvalue weighted by Gasteiger charge is -2.01. The first-order chi connectivity index (χ1) is 6.06. The standard InChI is InChI=1S/C8H3BrINO2/c9-6-1-4(3-11)5(8(12)13)2-7(6)10/h1-2H,(H,12,13). The van der Waals surface area contributed by atoms with E-state index in [9.17, 15) is 4.79 Å². The molecule has 0 atom stereocenters. The number of halogens is 2. The number of aromatic carboxylic acids is 1. The van der Waals surface area contributed by atoms with Gasteiger partial charge in [-0.1, -0.05) is 0 Å². The summed E-state index contributed by atoms with van der Waals surface area (Å²) in [4.78, 5) is 10.7. The van der Waals surface area contributed by atoms with Gasteiger partial charge in [-0.15, -0.1) is 0 Å². The van der Waals surface area contributed by atoms with E-state index in [0.717, 1.165) is 8.04 Å². The molecule has 0 unspecified atom stereocenters. The molecule has 0 aliphatic heterocycles. The molecule has 0 saturated heterocycles. The molecule has 0 aliphatic carbocycles. The minimum absolute atomic E-state index is 0.0371. The number of benzene rings is 1. The van der Waals surface area contributed by atoms with Crippen LogP contribution in [-0.4, -0.2) is 11.1 Å². The average molecular weight is 352 g/mol. The van der Waals surface area contributed by atoms with Crippen LogP contribution < -0.4 is 0 Å². The minimum Gasteiger partial charge on any atom is -0.478 e. The Bertz CT molecular complexity index is 411. The van der Waals surface area contributed by atoms with Crippen LogP contribution in [-0.2, 0) is 0 Å². The lowest BCUT2D eigenvalue weighted by Crippen LogP contribution is -2.00. The van der Waals surface area contributed by atoms with Crippen LogP contribution in [0.15, 0.2) is 16.6 Å². The topological polar surface area (TPSA) is 61.1 Å². The second-order valence-electron chi connectivity index (χ2n) is 2.23. The van der Waals surface area contributed by atoms with Crippen molar-refractivity contribution >= 4 is 44.5 Å². The van der Waals surface area contributed by atoms with E-state index in [1.807, 2.05) is 28.7 Å². The number of carbonyl (C=O) groups is 1. The molecule has 0 spiro atoms. The number of nitriles is 1. The molecule has 66 valence electrons. The van der Waals surface area contributed by atoms with E-state index in [4.69, 9.17) is 10.4 Å². The Balaban J connectivity index is 3.44. The molecule has 5 heteroatoms. The van der Waals surface area contributed by atoms with Crippen molar-refractivity contribution in [2.24, 2.45) is 0 Å². The summed E-state index contributed by atoms with van der Waals surface area (Å²) in [5.41, 5.74) is 0.204. The normalized spacial score (nSPS) is 9.31. The molecule has 1 aromatic carbocycles. The van der Waals surface area contributed by atoms with Crippen molar-refractivity contribution in [2.75, 3.05) is 0 Å². The molecule has 0 radical (unpaired) electrons. The minimum atomic E-state index is -1.08. The van der Waals surface area contributed by atoms with Gasteiger partial charge in [-0.05, 0) is 50.7 Å². The Morgan fingerprint density at radius 1 is 1.62 bits per heavy atom. The maximum Gasteiger partial charge on any atom is 0.337 e.